The zero-order valence-corrected chi connectivity index (χ0v) is 20.1. The summed E-state index contributed by atoms with van der Waals surface area (Å²) in [6.07, 6.45) is 6.54. The standard InChI is InChI=1S/C26H34NO3.BrH/c1-3-4-17-27(2)22-15-16-23(27)19-24(18-22)30-25(28)26(29,20-11-7-5-8-12-20)21-13-9-6-10-14-21;/h5-14,22-24,29H,3-4,15-19H2,1-2H3;1H/q+1;/p-1. The van der Waals surface area contributed by atoms with Crippen molar-refractivity contribution in [3.05, 3.63) is 71.8 Å². The highest BCUT2D eigenvalue weighted by Crippen LogP contribution is 2.43. The number of carbonyl (C=O) groups is 1. The van der Waals surface area contributed by atoms with Crippen LogP contribution < -0.4 is 17.0 Å². The summed E-state index contributed by atoms with van der Waals surface area (Å²) < 4.78 is 7.17. The number of quaternary nitrogens is 1. The van der Waals surface area contributed by atoms with Crippen LogP contribution >= 0.6 is 0 Å². The van der Waals surface area contributed by atoms with Gasteiger partial charge in [-0.15, -0.1) is 0 Å². The highest BCUT2D eigenvalue weighted by molar-refractivity contribution is 5.85. The Balaban J connectivity index is 0.00000272. The van der Waals surface area contributed by atoms with E-state index in [4.69, 9.17) is 4.74 Å². The normalized spacial score (nSPS) is 27.4. The Bertz CT molecular complexity index is 804. The molecule has 0 spiro atoms. The summed E-state index contributed by atoms with van der Waals surface area (Å²) in [5.74, 6) is -0.561. The second-order valence-electron chi connectivity index (χ2n) is 9.25. The Morgan fingerprint density at radius 1 is 1.00 bits per heavy atom. The van der Waals surface area contributed by atoms with Gasteiger partial charge in [0.2, 0.25) is 5.60 Å². The highest BCUT2D eigenvalue weighted by atomic mass is 79.9. The van der Waals surface area contributed by atoms with Gasteiger partial charge in [0.1, 0.15) is 6.10 Å². The van der Waals surface area contributed by atoms with Crippen LogP contribution in [0.15, 0.2) is 60.7 Å². The maximum absolute atomic E-state index is 13.4. The van der Waals surface area contributed by atoms with Crippen LogP contribution in [0.1, 0.15) is 56.6 Å². The van der Waals surface area contributed by atoms with Crippen molar-refractivity contribution < 1.29 is 36.1 Å². The number of benzene rings is 2. The lowest BCUT2D eigenvalue weighted by Crippen LogP contribution is -3.00. The molecule has 2 heterocycles. The molecule has 0 aromatic heterocycles. The lowest BCUT2D eigenvalue weighted by Gasteiger charge is -2.47. The summed E-state index contributed by atoms with van der Waals surface area (Å²) in [7, 11) is 2.39. The molecule has 2 fully saturated rings. The van der Waals surface area contributed by atoms with Crippen LogP contribution in [0.4, 0.5) is 0 Å². The van der Waals surface area contributed by atoms with Crippen molar-refractivity contribution in [2.75, 3.05) is 13.6 Å². The summed E-state index contributed by atoms with van der Waals surface area (Å²) in [5, 5.41) is 11.6. The fraction of sp³-hybridized carbons (Fsp3) is 0.500. The number of nitrogens with zero attached hydrogens (tertiary/aromatic N) is 1. The Morgan fingerprint density at radius 2 is 1.48 bits per heavy atom. The van der Waals surface area contributed by atoms with Gasteiger partial charge >= 0.3 is 5.97 Å². The first kappa shape index (κ1) is 24.0. The number of unbranched alkanes of at least 4 members (excludes halogenated alkanes) is 1. The van der Waals surface area contributed by atoms with Crippen molar-refractivity contribution >= 4 is 5.97 Å². The Morgan fingerprint density at radius 3 is 1.94 bits per heavy atom. The lowest BCUT2D eigenvalue weighted by molar-refractivity contribution is -0.949. The number of carbonyl (C=O) groups excluding carboxylic acids is 1. The van der Waals surface area contributed by atoms with Crippen molar-refractivity contribution in [1.29, 1.82) is 0 Å². The molecule has 2 aromatic rings. The number of aliphatic hydroxyl groups is 1. The molecule has 0 amide bonds. The van der Waals surface area contributed by atoms with Gasteiger partial charge in [0.25, 0.3) is 0 Å². The van der Waals surface area contributed by atoms with Gasteiger partial charge in [0, 0.05) is 25.7 Å². The van der Waals surface area contributed by atoms with Crippen LogP contribution in [0.5, 0.6) is 0 Å². The van der Waals surface area contributed by atoms with Crippen molar-refractivity contribution in [3.63, 3.8) is 0 Å². The van der Waals surface area contributed by atoms with Gasteiger partial charge < -0.3 is 31.3 Å². The summed E-state index contributed by atoms with van der Waals surface area (Å²) in [4.78, 5) is 13.4. The molecule has 0 radical (unpaired) electrons. The molecule has 31 heavy (non-hydrogen) atoms. The Hall–Kier alpha value is -1.69. The third-order valence-electron chi connectivity index (χ3n) is 7.52. The maximum Gasteiger partial charge on any atom is 0.347 e. The van der Waals surface area contributed by atoms with Gasteiger partial charge in [-0.3, -0.25) is 0 Å². The van der Waals surface area contributed by atoms with Gasteiger partial charge in [-0.05, 0) is 17.5 Å². The average Bonchev–Trinajstić information content (AvgIpc) is 2.94. The number of ether oxygens (including phenoxy) is 1. The van der Waals surface area contributed by atoms with E-state index in [-0.39, 0.29) is 23.1 Å². The van der Waals surface area contributed by atoms with E-state index >= 15 is 0 Å². The molecule has 2 saturated heterocycles. The summed E-state index contributed by atoms with van der Waals surface area (Å²) >= 11 is 0. The van der Waals surface area contributed by atoms with Gasteiger partial charge in [-0.25, -0.2) is 4.79 Å². The quantitative estimate of drug-likeness (QED) is 0.474. The van der Waals surface area contributed by atoms with Crippen LogP contribution in [0.3, 0.4) is 0 Å². The fourth-order valence-electron chi connectivity index (χ4n) is 5.65. The largest absolute Gasteiger partial charge is 1.00 e. The van der Waals surface area contributed by atoms with Crippen LogP contribution in [0, 0.1) is 0 Å². The zero-order chi connectivity index (χ0) is 21.2. The topological polar surface area (TPSA) is 46.5 Å². The van der Waals surface area contributed by atoms with E-state index in [1.807, 2.05) is 36.4 Å². The first-order valence-corrected chi connectivity index (χ1v) is 11.4. The van der Waals surface area contributed by atoms with Crippen LogP contribution in [-0.4, -0.2) is 47.3 Å². The second-order valence-corrected chi connectivity index (χ2v) is 9.25. The minimum absolute atomic E-state index is 0. The van der Waals surface area contributed by atoms with Crippen molar-refractivity contribution in [2.45, 2.75) is 69.2 Å². The number of rotatable bonds is 7. The molecular weight excluding hydrogens is 454 g/mol. The highest BCUT2D eigenvalue weighted by Gasteiger charge is 2.53. The smallest absolute Gasteiger partial charge is 0.347 e. The SMILES string of the molecule is CCCC[N+]1(C)C2CCC1CC(OC(=O)C(O)(c1ccccc1)c1ccccc1)C2.[Br-]. The monoisotopic (exact) mass is 487 g/mol. The molecule has 168 valence electrons. The molecule has 2 aliphatic rings. The van der Waals surface area contributed by atoms with Gasteiger partial charge in [0.05, 0.1) is 25.7 Å². The molecule has 0 aliphatic carbocycles. The van der Waals surface area contributed by atoms with E-state index in [1.165, 1.54) is 32.2 Å². The van der Waals surface area contributed by atoms with Crippen LogP contribution in [-0.2, 0) is 15.1 Å². The molecule has 2 atom stereocenters. The Kier molecular flexibility index (Phi) is 7.61. The first-order chi connectivity index (χ1) is 14.5. The minimum atomic E-state index is -1.79. The zero-order valence-electron chi connectivity index (χ0n) is 18.5. The molecule has 0 saturated carbocycles. The third-order valence-corrected chi connectivity index (χ3v) is 7.52. The number of hydrogen-bond acceptors (Lipinski definition) is 3. The molecule has 1 N–H and O–H groups in total. The van der Waals surface area contributed by atoms with Crippen molar-refractivity contribution in [2.24, 2.45) is 0 Å². The van der Waals surface area contributed by atoms with E-state index < -0.39 is 11.6 Å². The predicted octanol–water partition coefficient (Wildman–Crippen LogP) is 1.41. The molecule has 2 unspecified atom stereocenters. The van der Waals surface area contributed by atoms with Gasteiger partial charge in [0.15, 0.2) is 0 Å². The fourth-order valence-corrected chi connectivity index (χ4v) is 5.65. The maximum atomic E-state index is 13.4. The van der Waals surface area contributed by atoms with E-state index in [2.05, 4.69) is 14.0 Å². The summed E-state index contributed by atoms with van der Waals surface area (Å²) in [6, 6.07) is 19.4. The molecule has 5 heteroatoms. The molecule has 2 aromatic carbocycles. The van der Waals surface area contributed by atoms with E-state index in [0.717, 1.165) is 17.3 Å². The number of fused-ring (bicyclic) bond motifs is 2. The summed E-state index contributed by atoms with van der Waals surface area (Å²) in [5.41, 5.74) is -0.702. The van der Waals surface area contributed by atoms with E-state index in [0.29, 0.717) is 23.2 Å². The first-order valence-electron chi connectivity index (χ1n) is 11.4. The molecule has 4 rings (SSSR count). The molecule has 2 aliphatic heterocycles. The van der Waals surface area contributed by atoms with Crippen LogP contribution in [0.2, 0.25) is 0 Å². The number of hydrogen-bond donors (Lipinski definition) is 1. The number of esters is 1. The summed E-state index contributed by atoms with van der Waals surface area (Å²) in [6.45, 7) is 3.46. The second kappa shape index (κ2) is 9.85. The Labute approximate surface area is 196 Å². The van der Waals surface area contributed by atoms with Gasteiger partial charge in [-0.2, -0.15) is 0 Å². The third kappa shape index (κ3) is 4.46. The molecule has 2 bridgehead atoms. The van der Waals surface area contributed by atoms with Gasteiger partial charge in [-0.1, -0.05) is 74.0 Å². The van der Waals surface area contributed by atoms with Crippen molar-refractivity contribution in [3.8, 4) is 0 Å². The number of halogens is 1. The average molecular weight is 488 g/mol. The van der Waals surface area contributed by atoms with E-state index in [1.54, 1.807) is 24.3 Å². The lowest BCUT2D eigenvalue weighted by atomic mass is 9.86. The number of piperidine rings is 1. The van der Waals surface area contributed by atoms with E-state index in [9.17, 15) is 9.90 Å². The van der Waals surface area contributed by atoms with Crippen LogP contribution in [0.25, 0.3) is 0 Å². The predicted molar refractivity (Wildman–Crippen MR) is 118 cm³/mol. The molecular formula is C26H34BrNO3. The molecule has 4 nitrogen and oxygen atoms in total. The minimum Gasteiger partial charge on any atom is -1.00 e. The van der Waals surface area contributed by atoms with Crippen molar-refractivity contribution in [1.82, 2.24) is 0 Å².